The van der Waals surface area contributed by atoms with E-state index in [1.165, 1.54) is 4.90 Å². The molecule has 0 aromatic heterocycles. The summed E-state index contributed by atoms with van der Waals surface area (Å²) < 4.78 is 0. The Morgan fingerprint density at radius 1 is 1.10 bits per heavy atom. The van der Waals surface area contributed by atoms with Crippen LogP contribution in [0.5, 0.6) is 0 Å². The summed E-state index contributed by atoms with van der Waals surface area (Å²) in [6, 6.07) is 12.7. The van der Waals surface area contributed by atoms with Gasteiger partial charge in [-0.05, 0) is 50.1 Å². The Labute approximate surface area is 178 Å². The normalized spacial score (nSPS) is 32.0. The first-order valence-corrected chi connectivity index (χ1v) is 10.7. The Hall–Kier alpha value is -2.70. The van der Waals surface area contributed by atoms with Crippen LogP contribution < -0.4 is 10.2 Å². The molecule has 4 aliphatic rings. The van der Waals surface area contributed by atoms with Crippen LogP contribution in [0.1, 0.15) is 24.0 Å². The molecule has 4 atom stereocenters. The van der Waals surface area contributed by atoms with Crippen LogP contribution in [0.15, 0.2) is 42.5 Å². The van der Waals surface area contributed by atoms with Crippen LogP contribution in [-0.4, -0.2) is 35.2 Å². The molecule has 2 aromatic carbocycles. The third kappa shape index (κ3) is 1.96. The standard InChI is InChI=1S/C23H20ClN3O3/c1-12-5-2-6-13(11-12)27-20(28)17-16-9-4-10-26(16)23(18(17)21(27)29)14-7-3-8-15(24)19(14)25-22(23)30/h2-3,5-8,11,16-18H,4,9-10H2,1H3,(H,25,30)/t16-,17+,18-,23-/m0/s1. The molecule has 30 heavy (non-hydrogen) atoms. The van der Waals surface area contributed by atoms with Gasteiger partial charge in [0, 0.05) is 11.6 Å². The summed E-state index contributed by atoms with van der Waals surface area (Å²) >= 11 is 6.39. The molecular formula is C23H20ClN3O3. The number of benzene rings is 2. The summed E-state index contributed by atoms with van der Waals surface area (Å²) in [6.45, 7) is 2.61. The van der Waals surface area contributed by atoms with Gasteiger partial charge in [-0.15, -0.1) is 0 Å². The van der Waals surface area contributed by atoms with Gasteiger partial charge in [0.2, 0.25) is 11.8 Å². The second-order valence-electron chi connectivity index (χ2n) is 8.64. The van der Waals surface area contributed by atoms with Crippen LogP contribution in [0.25, 0.3) is 0 Å². The molecule has 0 unspecified atom stereocenters. The summed E-state index contributed by atoms with van der Waals surface area (Å²) in [6.07, 6.45) is 1.69. The highest BCUT2D eigenvalue weighted by Crippen LogP contribution is 2.61. The van der Waals surface area contributed by atoms with Gasteiger partial charge in [0.05, 0.1) is 28.2 Å². The first-order chi connectivity index (χ1) is 14.5. The van der Waals surface area contributed by atoms with Crippen LogP contribution in [0.2, 0.25) is 5.02 Å². The molecule has 0 bridgehead atoms. The van der Waals surface area contributed by atoms with Crippen molar-refractivity contribution in [3.8, 4) is 0 Å². The Kier molecular flexibility index (Phi) is 3.58. The lowest BCUT2D eigenvalue weighted by atomic mass is 9.75. The lowest BCUT2D eigenvalue weighted by molar-refractivity contribution is -0.135. The molecule has 4 aliphatic heterocycles. The first-order valence-electron chi connectivity index (χ1n) is 10.3. The van der Waals surface area contributed by atoms with Gasteiger partial charge in [-0.1, -0.05) is 35.9 Å². The van der Waals surface area contributed by atoms with E-state index in [4.69, 9.17) is 11.6 Å². The largest absolute Gasteiger partial charge is 0.323 e. The third-order valence-corrected chi connectivity index (χ3v) is 7.55. The molecule has 4 heterocycles. The number of rotatable bonds is 1. The van der Waals surface area contributed by atoms with E-state index >= 15 is 0 Å². The van der Waals surface area contributed by atoms with E-state index in [9.17, 15) is 14.4 Å². The number of fused-ring (bicyclic) bond motifs is 7. The maximum absolute atomic E-state index is 13.8. The maximum Gasteiger partial charge on any atom is 0.250 e. The third-order valence-electron chi connectivity index (χ3n) is 7.24. The number of carbonyl (C=O) groups is 3. The minimum atomic E-state index is -1.18. The topological polar surface area (TPSA) is 69.7 Å². The predicted molar refractivity (Wildman–Crippen MR) is 112 cm³/mol. The molecule has 3 saturated heterocycles. The molecule has 152 valence electrons. The Morgan fingerprint density at radius 3 is 2.70 bits per heavy atom. The highest BCUT2D eigenvalue weighted by molar-refractivity contribution is 6.35. The lowest BCUT2D eigenvalue weighted by Gasteiger charge is -2.36. The molecule has 0 aliphatic carbocycles. The van der Waals surface area contributed by atoms with Crippen molar-refractivity contribution in [3.63, 3.8) is 0 Å². The van der Waals surface area contributed by atoms with Crippen molar-refractivity contribution in [2.45, 2.75) is 31.3 Å². The zero-order valence-electron chi connectivity index (χ0n) is 16.4. The average molecular weight is 422 g/mol. The maximum atomic E-state index is 13.8. The van der Waals surface area contributed by atoms with E-state index in [-0.39, 0.29) is 23.8 Å². The van der Waals surface area contributed by atoms with Crippen molar-refractivity contribution >= 4 is 40.7 Å². The number of halogens is 1. The van der Waals surface area contributed by atoms with Gasteiger partial charge in [0.25, 0.3) is 5.91 Å². The van der Waals surface area contributed by atoms with Crippen molar-refractivity contribution < 1.29 is 14.4 Å². The Morgan fingerprint density at radius 2 is 1.90 bits per heavy atom. The van der Waals surface area contributed by atoms with Gasteiger partial charge in [0.1, 0.15) is 5.54 Å². The van der Waals surface area contributed by atoms with Crippen molar-refractivity contribution in [1.82, 2.24) is 4.90 Å². The Balaban J connectivity index is 1.57. The number of hydrogen-bond donors (Lipinski definition) is 1. The highest BCUT2D eigenvalue weighted by atomic mass is 35.5. The minimum absolute atomic E-state index is 0.128. The van der Waals surface area contributed by atoms with Crippen molar-refractivity contribution in [2.75, 3.05) is 16.8 Å². The van der Waals surface area contributed by atoms with E-state index < -0.39 is 17.4 Å². The molecule has 3 fully saturated rings. The molecule has 7 heteroatoms. The molecule has 0 saturated carbocycles. The van der Waals surface area contributed by atoms with E-state index in [2.05, 4.69) is 10.2 Å². The first kappa shape index (κ1) is 18.1. The number of nitrogens with zero attached hydrogens (tertiary/aromatic N) is 2. The van der Waals surface area contributed by atoms with E-state index in [1.807, 2.05) is 31.2 Å². The van der Waals surface area contributed by atoms with E-state index in [0.717, 1.165) is 18.4 Å². The smallest absolute Gasteiger partial charge is 0.250 e. The summed E-state index contributed by atoms with van der Waals surface area (Å²) in [5, 5.41) is 3.38. The molecule has 1 N–H and O–H groups in total. The van der Waals surface area contributed by atoms with Crippen molar-refractivity contribution in [2.24, 2.45) is 11.8 Å². The summed E-state index contributed by atoms with van der Waals surface area (Å²) in [5.41, 5.74) is 1.63. The monoisotopic (exact) mass is 421 g/mol. The van der Waals surface area contributed by atoms with Crippen LogP contribution >= 0.6 is 11.6 Å². The Bertz CT molecular complexity index is 1150. The minimum Gasteiger partial charge on any atom is -0.323 e. The number of anilines is 2. The quantitative estimate of drug-likeness (QED) is 0.718. The van der Waals surface area contributed by atoms with Crippen LogP contribution in [0.3, 0.4) is 0 Å². The molecule has 1 spiro atoms. The van der Waals surface area contributed by atoms with E-state index in [0.29, 0.717) is 28.5 Å². The van der Waals surface area contributed by atoms with Gasteiger partial charge < -0.3 is 5.32 Å². The number of nitrogens with one attached hydrogen (secondary N) is 1. The fourth-order valence-corrected chi connectivity index (χ4v) is 6.44. The average Bonchev–Trinajstić information content (AvgIpc) is 3.41. The summed E-state index contributed by atoms with van der Waals surface area (Å²) in [4.78, 5) is 44.4. The molecule has 6 rings (SSSR count). The SMILES string of the molecule is Cc1cccc(N2C(=O)[C@H]3[C@@H](C2=O)[C@@]2(C(=O)Nc4c(Cl)cccc42)N2CCC[C@@H]32)c1. The molecule has 6 nitrogen and oxygen atoms in total. The molecule has 0 radical (unpaired) electrons. The van der Waals surface area contributed by atoms with Crippen molar-refractivity contribution in [1.29, 1.82) is 0 Å². The number of amides is 3. The van der Waals surface area contributed by atoms with Gasteiger partial charge in [-0.2, -0.15) is 0 Å². The predicted octanol–water partition coefficient (Wildman–Crippen LogP) is 3.08. The number of aryl methyl sites for hydroxylation is 1. The van der Waals surface area contributed by atoms with Crippen molar-refractivity contribution in [3.05, 3.63) is 58.6 Å². The summed E-state index contributed by atoms with van der Waals surface area (Å²) in [7, 11) is 0. The molecule has 2 aromatic rings. The van der Waals surface area contributed by atoms with Crippen LogP contribution in [-0.2, 0) is 19.9 Å². The van der Waals surface area contributed by atoms with Crippen LogP contribution in [0.4, 0.5) is 11.4 Å². The zero-order chi connectivity index (χ0) is 20.8. The fraction of sp³-hybridized carbons (Fsp3) is 0.348. The van der Waals surface area contributed by atoms with Gasteiger partial charge in [0.15, 0.2) is 0 Å². The van der Waals surface area contributed by atoms with Gasteiger partial charge in [-0.25, -0.2) is 4.90 Å². The second-order valence-corrected chi connectivity index (χ2v) is 9.05. The summed E-state index contributed by atoms with van der Waals surface area (Å²) in [5.74, 6) is -2.04. The number of para-hydroxylation sites is 1. The number of imide groups is 1. The lowest BCUT2D eigenvalue weighted by Crippen LogP contribution is -2.54. The van der Waals surface area contributed by atoms with Crippen LogP contribution in [0, 0.1) is 18.8 Å². The zero-order valence-corrected chi connectivity index (χ0v) is 17.1. The van der Waals surface area contributed by atoms with E-state index in [1.54, 1.807) is 18.2 Å². The number of carbonyl (C=O) groups excluding carboxylic acids is 3. The van der Waals surface area contributed by atoms with Gasteiger partial charge >= 0.3 is 0 Å². The number of hydrogen-bond acceptors (Lipinski definition) is 4. The fourth-order valence-electron chi connectivity index (χ4n) is 6.22. The highest BCUT2D eigenvalue weighted by Gasteiger charge is 2.74. The molecule has 3 amide bonds. The second kappa shape index (κ2) is 5.93. The molecular weight excluding hydrogens is 402 g/mol. The van der Waals surface area contributed by atoms with Gasteiger partial charge in [-0.3, -0.25) is 19.3 Å².